The molecule has 5 atom stereocenters. The van der Waals surface area contributed by atoms with Gasteiger partial charge in [0.1, 0.15) is 19.3 Å². The summed E-state index contributed by atoms with van der Waals surface area (Å²) in [6, 6.07) is 0. The molecular formula is C79H142O17P2. The van der Waals surface area contributed by atoms with Crippen LogP contribution in [0.25, 0.3) is 0 Å². The molecule has 0 aliphatic carbocycles. The third kappa shape index (κ3) is 70.9. The topological polar surface area (TPSA) is 237 Å². The first kappa shape index (κ1) is 94.5. The van der Waals surface area contributed by atoms with E-state index in [4.69, 9.17) is 37.0 Å². The molecule has 570 valence electrons. The van der Waals surface area contributed by atoms with Crippen molar-refractivity contribution in [1.29, 1.82) is 0 Å². The lowest BCUT2D eigenvalue weighted by molar-refractivity contribution is -0.161. The van der Waals surface area contributed by atoms with E-state index in [1.807, 2.05) is 0 Å². The quantitative estimate of drug-likeness (QED) is 0.0169. The molecule has 0 aromatic rings. The van der Waals surface area contributed by atoms with Crippen LogP contribution in [0.3, 0.4) is 0 Å². The Morgan fingerprint density at radius 1 is 0.296 bits per heavy atom. The number of allylic oxidation sites excluding steroid dienone is 12. The summed E-state index contributed by atoms with van der Waals surface area (Å²) in [5.41, 5.74) is 0. The molecule has 0 aromatic heterocycles. The van der Waals surface area contributed by atoms with Gasteiger partial charge in [0.15, 0.2) is 12.2 Å². The third-order valence-electron chi connectivity index (χ3n) is 16.7. The Hall–Kier alpha value is -3.50. The second kappa shape index (κ2) is 71.9. The van der Waals surface area contributed by atoms with Crippen LogP contribution in [0.2, 0.25) is 0 Å². The van der Waals surface area contributed by atoms with Gasteiger partial charge in [0.25, 0.3) is 0 Å². The molecule has 0 aliphatic heterocycles. The fourth-order valence-corrected chi connectivity index (χ4v) is 12.3. The summed E-state index contributed by atoms with van der Waals surface area (Å²) in [5, 5.41) is 10.6. The summed E-state index contributed by atoms with van der Waals surface area (Å²) in [6.07, 6.45) is 71.7. The average molecular weight is 1430 g/mol. The molecule has 0 amide bonds. The van der Waals surface area contributed by atoms with E-state index in [-0.39, 0.29) is 25.7 Å². The van der Waals surface area contributed by atoms with E-state index in [2.05, 4.69) is 101 Å². The zero-order valence-corrected chi connectivity index (χ0v) is 64.0. The molecule has 0 spiro atoms. The molecule has 98 heavy (non-hydrogen) atoms. The number of unbranched alkanes of at least 4 members (excludes halogenated alkanes) is 36. The third-order valence-corrected chi connectivity index (χ3v) is 18.6. The van der Waals surface area contributed by atoms with Crippen LogP contribution in [-0.2, 0) is 65.4 Å². The van der Waals surface area contributed by atoms with Crippen LogP contribution in [0.4, 0.5) is 0 Å². The van der Waals surface area contributed by atoms with Gasteiger partial charge >= 0.3 is 39.5 Å². The van der Waals surface area contributed by atoms with Crippen molar-refractivity contribution < 1.29 is 80.2 Å². The average Bonchev–Trinajstić information content (AvgIpc) is 0.982. The summed E-state index contributed by atoms with van der Waals surface area (Å²) < 4.78 is 68.5. The zero-order chi connectivity index (χ0) is 71.8. The van der Waals surface area contributed by atoms with Gasteiger partial charge in [-0.3, -0.25) is 37.3 Å². The Morgan fingerprint density at radius 3 is 0.847 bits per heavy atom. The smallest absolute Gasteiger partial charge is 0.462 e. The van der Waals surface area contributed by atoms with Crippen LogP contribution in [-0.4, -0.2) is 96.7 Å². The van der Waals surface area contributed by atoms with Crippen LogP contribution in [0.5, 0.6) is 0 Å². The number of carbonyl (C=O) groups excluding carboxylic acids is 4. The molecule has 17 nitrogen and oxygen atoms in total. The minimum Gasteiger partial charge on any atom is -0.462 e. The molecule has 0 saturated carbocycles. The Morgan fingerprint density at radius 2 is 0.531 bits per heavy atom. The van der Waals surface area contributed by atoms with Crippen molar-refractivity contribution in [2.24, 2.45) is 0 Å². The van der Waals surface area contributed by atoms with Gasteiger partial charge in [-0.2, -0.15) is 0 Å². The minimum absolute atomic E-state index is 0.0595. The number of aliphatic hydroxyl groups is 1. The van der Waals surface area contributed by atoms with Gasteiger partial charge in [-0.25, -0.2) is 9.13 Å². The monoisotopic (exact) mass is 1420 g/mol. The number of hydrogen-bond donors (Lipinski definition) is 3. The molecule has 0 fully saturated rings. The summed E-state index contributed by atoms with van der Waals surface area (Å²) in [4.78, 5) is 72.9. The Balaban J connectivity index is 5.35. The Bertz CT molecular complexity index is 2140. The highest BCUT2D eigenvalue weighted by molar-refractivity contribution is 7.47. The predicted octanol–water partition coefficient (Wildman–Crippen LogP) is 22.4. The maximum absolute atomic E-state index is 13.1. The number of phosphoric ester groups is 2. The van der Waals surface area contributed by atoms with E-state index in [9.17, 15) is 43.2 Å². The summed E-state index contributed by atoms with van der Waals surface area (Å²) in [6.45, 7) is 4.75. The standard InChI is InChI=1S/C79H142O17P2/c1-5-9-13-17-21-25-29-33-34-35-36-37-38-42-46-50-54-58-62-66-79(84)96-75(70-90-77(82)64-60-56-52-48-44-40-31-27-23-19-15-11-7-3)72-94-98(87,88)92-68-73(80)67-91-97(85,86)93-71-74(95-78(83)65-61-57-53-49-45-41-32-28-24-20-16-12-8-4)69-89-76(81)63-59-55-51-47-43-39-30-26-22-18-14-10-6-2/h9,13,21,25-26,30,33-34,36-37,42,46,73-75,80H,5-8,10-12,14-20,22-24,27-29,31-32,35,38-41,43-45,47-72H2,1-4H3,(H,85,86)(H,87,88)/b13-9-,25-21-,30-26-,34-33-,37-36-,46-42-/t73-,74-,75-/m1/s1. The maximum atomic E-state index is 13.1. The van der Waals surface area contributed by atoms with E-state index in [0.29, 0.717) is 25.7 Å². The van der Waals surface area contributed by atoms with Gasteiger partial charge in [-0.1, -0.05) is 300 Å². The van der Waals surface area contributed by atoms with E-state index in [1.165, 1.54) is 135 Å². The summed E-state index contributed by atoms with van der Waals surface area (Å²) in [7, 11) is -9.95. The lowest BCUT2D eigenvalue weighted by Crippen LogP contribution is -2.30. The molecule has 2 unspecified atom stereocenters. The molecule has 0 radical (unpaired) electrons. The van der Waals surface area contributed by atoms with Crippen LogP contribution in [0, 0.1) is 0 Å². The summed E-state index contributed by atoms with van der Waals surface area (Å²) in [5.74, 6) is -2.19. The molecule has 0 aliphatic rings. The van der Waals surface area contributed by atoms with Crippen molar-refractivity contribution in [2.75, 3.05) is 39.6 Å². The number of carbonyl (C=O) groups is 4. The maximum Gasteiger partial charge on any atom is 0.472 e. The predicted molar refractivity (Wildman–Crippen MR) is 400 cm³/mol. The number of hydrogen-bond acceptors (Lipinski definition) is 15. The highest BCUT2D eigenvalue weighted by atomic mass is 31.2. The Kier molecular flexibility index (Phi) is 69.3. The van der Waals surface area contributed by atoms with Crippen molar-refractivity contribution in [3.05, 3.63) is 72.9 Å². The number of phosphoric acid groups is 2. The van der Waals surface area contributed by atoms with Crippen LogP contribution in [0.1, 0.15) is 349 Å². The van der Waals surface area contributed by atoms with Gasteiger partial charge in [0.05, 0.1) is 26.4 Å². The number of ether oxygens (including phenoxy) is 4. The molecule has 0 rings (SSSR count). The summed E-state index contributed by atoms with van der Waals surface area (Å²) >= 11 is 0. The first-order valence-electron chi connectivity index (χ1n) is 39.2. The lowest BCUT2D eigenvalue weighted by Gasteiger charge is -2.21. The molecule has 0 bridgehead atoms. The van der Waals surface area contributed by atoms with Gasteiger partial charge < -0.3 is 33.8 Å². The normalized spacial score (nSPS) is 14.3. The first-order valence-corrected chi connectivity index (χ1v) is 42.2. The molecule has 19 heteroatoms. The van der Waals surface area contributed by atoms with Gasteiger partial charge in [0, 0.05) is 25.7 Å². The minimum atomic E-state index is -4.98. The van der Waals surface area contributed by atoms with Gasteiger partial charge in [-0.05, 0) is 96.3 Å². The van der Waals surface area contributed by atoms with Crippen molar-refractivity contribution in [3.8, 4) is 0 Å². The van der Waals surface area contributed by atoms with E-state index in [1.54, 1.807) is 0 Å². The zero-order valence-electron chi connectivity index (χ0n) is 62.2. The van der Waals surface area contributed by atoms with Gasteiger partial charge in [0.2, 0.25) is 0 Å². The van der Waals surface area contributed by atoms with Crippen molar-refractivity contribution in [1.82, 2.24) is 0 Å². The second-order valence-corrected chi connectivity index (χ2v) is 29.2. The van der Waals surface area contributed by atoms with E-state index >= 15 is 0 Å². The second-order valence-electron chi connectivity index (χ2n) is 26.3. The number of esters is 4. The van der Waals surface area contributed by atoms with E-state index in [0.717, 1.165) is 135 Å². The van der Waals surface area contributed by atoms with Gasteiger partial charge in [-0.15, -0.1) is 0 Å². The number of rotatable bonds is 74. The van der Waals surface area contributed by atoms with Crippen molar-refractivity contribution in [3.63, 3.8) is 0 Å². The van der Waals surface area contributed by atoms with Crippen LogP contribution < -0.4 is 0 Å². The van der Waals surface area contributed by atoms with Crippen LogP contribution >= 0.6 is 15.6 Å². The fourth-order valence-electron chi connectivity index (χ4n) is 10.7. The SMILES string of the molecule is CC/C=C\C/C=C\C/C=C\C/C=C\C/C=C\CCCCCC(=O)O[C@H](COC(=O)CCCCCCCCCCCCCCC)COP(=O)(O)OC[C@H](O)COP(=O)(O)OC[C@@H](COC(=O)CCCCCCC/C=C\CCCCCC)OC(=O)CCCCCCCCCCCCCCC. The Labute approximate surface area is 596 Å². The van der Waals surface area contributed by atoms with Crippen molar-refractivity contribution in [2.45, 2.75) is 367 Å². The molecule has 0 saturated heterocycles. The molecule has 0 heterocycles. The lowest BCUT2D eigenvalue weighted by atomic mass is 10.0. The largest absolute Gasteiger partial charge is 0.472 e. The highest BCUT2D eigenvalue weighted by Gasteiger charge is 2.30. The number of aliphatic hydroxyl groups excluding tert-OH is 1. The fraction of sp³-hybridized carbons (Fsp3) is 0.797. The molecule has 3 N–H and O–H groups in total. The highest BCUT2D eigenvalue weighted by Crippen LogP contribution is 2.45. The van der Waals surface area contributed by atoms with Crippen LogP contribution in [0.15, 0.2) is 72.9 Å². The first-order chi connectivity index (χ1) is 47.7. The van der Waals surface area contributed by atoms with E-state index < -0.39 is 97.5 Å². The molecule has 0 aromatic carbocycles. The molecular weight excluding hydrogens is 1280 g/mol. The van der Waals surface area contributed by atoms with Crippen molar-refractivity contribution >= 4 is 39.5 Å².